The number of fused-ring (bicyclic) bond motifs is 1. The van der Waals surface area contributed by atoms with Crippen molar-refractivity contribution >= 4 is 26.5 Å². The second-order valence-electron chi connectivity index (χ2n) is 4.83. The number of hydrogen-bond acceptors (Lipinski definition) is 3. The largest absolute Gasteiger partial charge is 0.398 e. The molecular weight excluding hydrogens is 272 g/mol. The van der Waals surface area contributed by atoms with E-state index in [1.54, 1.807) is 18.2 Å². The molecule has 2 rings (SSSR count). The van der Waals surface area contributed by atoms with Crippen molar-refractivity contribution in [2.75, 3.05) is 5.73 Å². The third-order valence-electron chi connectivity index (χ3n) is 3.51. The molecule has 0 atom stereocenters. The molecule has 0 radical (unpaired) electrons. The normalized spacial score (nSPS) is 12.2. The summed E-state index contributed by atoms with van der Waals surface area (Å²) in [6, 6.07) is 10.5. The fourth-order valence-corrected chi connectivity index (χ4v) is 3.88. The molecule has 0 saturated heterocycles. The van der Waals surface area contributed by atoms with Gasteiger partial charge in [0.2, 0.25) is 10.0 Å². The third-order valence-corrected chi connectivity index (χ3v) is 5.09. The van der Waals surface area contributed by atoms with E-state index < -0.39 is 10.0 Å². The molecule has 4 nitrogen and oxygen atoms in total. The molecule has 0 saturated carbocycles. The average molecular weight is 292 g/mol. The molecule has 0 heterocycles. The number of nitrogens with one attached hydrogen (secondary N) is 1. The van der Waals surface area contributed by atoms with Crippen molar-refractivity contribution in [3.63, 3.8) is 0 Å². The first kappa shape index (κ1) is 14.8. The molecule has 2 aromatic rings. The van der Waals surface area contributed by atoms with Gasteiger partial charge in [0.05, 0.1) is 4.90 Å². The van der Waals surface area contributed by atoms with E-state index in [4.69, 9.17) is 5.73 Å². The molecule has 108 valence electrons. The molecule has 0 spiro atoms. The van der Waals surface area contributed by atoms with Crippen molar-refractivity contribution in [2.45, 2.75) is 37.6 Å². The van der Waals surface area contributed by atoms with Crippen LogP contribution in [0.15, 0.2) is 41.3 Å². The van der Waals surface area contributed by atoms with E-state index in [1.165, 1.54) is 0 Å². The molecule has 0 fully saturated rings. The Bertz CT molecular complexity index is 707. The topological polar surface area (TPSA) is 72.2 Å². The maximum Gasteiger partial charge on any atom is 0.241 e. The van der Waals surface area contributed by atoms with Gasteiger partial charge in [-0.05, 0) is 25.0 Å². The lowest BCUT2D eigenvalue weighted by molar-refractivity contribution is 0.531. The smallest absolute Gasteiger partial charge is 0.241 e. The van der Waals surface area contributed by atoms with Gasteiger partial charge in [-0.2, -0.15) is 0 Å². The fourth-order valence-electron chi connectivity index (χ4n) is 2.27. The number of benzene rings is 2. The van der Waals surface area contributed by atoms with Crippen molar-refractivity contribution in [2.24, 2.45) is 0 Å². The van der Waals surface area contributed by atoms with Gasteiger partial charge in [0, 0.05) is 22.5 Å². The number of rotatable bonds is 5. The zero-order valence-electron chi connectivity index (χ0n) is 11.8. The average Bonchev–Trinajstić information content (AvgIpc) is 2.45. The number of nitrogens with two attached hydrogens (primary N) is 1. The first-order valence-electron chi connectivity index (χ1n) is 6.79. The first-order chi connectivity index (χ1) is 9.49. The molecule has 0 unspecified atom stereocenters. The van der Waals surface area contributed by atoms with Crippen LogP contribution in [0, 0.1) is 0 Å². The molecule has 3 N–H and O–H groups in total. The summed E-state index contributed by atoms with van der Waals surface area (Å²) in [6.45, 7) is 3.94. The standard InChI is InChI=1S/C15H20N2O2S/c1-3-11(4-2)17-20(18,19)15-10-9-14(16)12-7-5-6-8-13(12)15/h5-11,17H,3-4,16H2,1-2H3. The molecule has 0 bridgehead atoms. The molecule has 0 amide bonds. The highest BCUT2D eigenvalue weighted by molar-refractivity contribution is 7.89. The van der Waals surface area contributed by atoms with Crippen LogP contribution in [-0.2, 0) is 10.0 Å². The fraction of sp³-hybridized carbons (Fsp3) is 0.333. The van der Waals surface area contributed by atoms with Gasteiger partial charge in [0.1, 0.15) is 0 Å². The highest BCUT2D eigenvalue weighted by Crippen LogP contribution is 2.27. The maximum atomic E-state index is 12.5. The van der Waals surface area contributed by atoms with Crippen molar-refractivity contribution in [1.29, 1.82) is 0 Å². The Morgan fingerprint density at radius 2 is 1.65 bits per heavy atom. The Hall–Kier alpha value is -1.59. The summed E-state index contributed by atoms with van der Waals surface area (Å²) in [5.41, 5.74) is 6.49. The molecule has 0 aliphatic carbocycles. The lowest BCUT2D eigenvalue weighted by atomic mass is 10.1. The summed E-state index contributed by atoms with van der Waals surface area (Å²) in [7, 11) is -3.53. The molecule has 0 aliphatic rings. The van der Waals surface area contributed by atoms with Crippen LogP contribution < -0.4 is 10.5 Å². The monoisotopic (exact) mass is 292 g/mol. The third kappa shape index (κ3) is 2.78. The number of nitrogen functional groups attached to an aromatic ring is 1. The molecule has 20 heavy (non-hydrogen) atoms. The van der Waals surface area contributed by atoms with Crippen LogP contribution >= 0.6 is 0 Å². The van der Waals surface area contributed by atoms with Crippen LogP contribution in [0.25, 0.3) is 10.8 Å². The minimum absolute atomic E-state index is 0.0451. The van der Waals surface area contributed by atoms with E-state index in [1.807, 2.05) is 32.0 Å². The van der Waals surface area contributed by atoms with Crippen molar-refractivity contribution in [3.05, 3.63) is 36.4 Å². The summed E-state index contributed by atoms with van der Waals surface area (Å²) in [5, 5.41) is 1.42. The van der Waals surface area contributed by atoms with Crippen LogP contribution in [0.2, 0.25) is 0 Å². The van der Waals surface area contributed by atoms with Crippen molar-refractivity contribution in [1.82, 2.24) is 4.72 Å². The summed E-state index contributed by atoms with van der Waals surface area (Å²) in [5.74, 6) is 0. The SMILES string of the molecule is CCC(CC)NS(=O)(=O)c1ccc(N)c2ccccc12. The van der Waals surface area contributed by atoms with Crippen LogP contribution in [-0.4, -0.2) is 14.5 Å². The Balaban J connectivity index is 2.55. The van der Waals surface area contributed by atoms with Crippen LogP contribution in [0.1, 0.15) is 26.7 Å². The minimum Gasteiger partial charge on any atom is -0.398 e. The van der Waals surface area contributed by atoms with Gasteiger partial charge in [-0.1, -0.05) is 38.1 Å². The van der Waals surface area contributed by atoms with Gasteiger partial charge in [-0.15, -0.1) is 0 Å². The molecular formula is C15H20N2O2S. The van der Waals surface area contributed by atoms with Gasteiger partial charge < -0.3 is 5.73 Å². The van der Waals surface area contributed by atoms with E-state index in [0.29, 0.717) is 11.1 Å². The first-order valence-corrected chi connectivity index (χ1v) is 8.27. The van der Waals surface area contributed by atoms with Crippen LogP contribution in [0.4, 0.5) is 5.69 Å². The van der Waals surface area contributed by atoms with Gasteiger partial charge in [0.15, 0.2) is 0 Å². The van der Waals surface area contributed by atoms with Gasteiger partial charge in [-0.25, -0.2) is 13.1 Å². The lowest BCUT2D eigenvalue weighted by Crippen LogP contribution is -2.33. The Labute approximate surface area is 120 Å². The minimum atomic E-state index is -3.53. The maximum absolute atomic E-state index is 12.5. The Morgan fingerprint density at radius 3 is 2.25 bits per heavy atom. The van der Waals surface area contributed by atoms with Crippen LogP contribution in [0.5, 0.6) is 0 Å². The zero-order valence-corrected chi connectivity index (χ0v) is 12.6. The van der Waals surface area contributed by atoms with Gasteiger partial charge in [-0.3, -0.25) is 0 Å². The molecule has 0 aliphatic heterocycles. The summed E-state index contributed by atoms with van der Waals surface area (Å²) < 4.78 is 27.8. The molecule has 5 heteroatoms. The van der Waals surface area contributed by atoms with Crippen molar-refractivity contribution < 1.29 is 8.42 Å². The Morgan fingerprint density at radius 1 is 1.05 bits per heavy atom. The van der Waals surface area contributed by atoms with E-state index in [0.717, 1.165) is 18.2 Å². The highest BCUT2D eigenvalue weighted by Gasteiger charge is 2.20. The highest BCUT2D eigenvalue weighted by atomic mass is 32.2. The van der Waals surface area contributed by atoms with E-state index in [2.05, 4.69) is 4.72 Å². The lowest BCUT2D eigenvalue weighted by Gasteiger charge is -2.16. The van der Waals surface area contributed by atoms with E-state index >= 15 is 0 Å². The predicted molar refractivity (Wildman–Crippen MR) is 83.1 cm³/mol. The second-order valence-corrected chi connectivity index (χ2v) is 6.52. The summed E-state index contributed by atoms with van der Waals surface area (Å²) >= 11 is 0. The zero-order chi connectivity index (χ0) is 14.8. The quantitative estimate of drug-likeness (QED) is 0.832. The number of hydrogen-bond donors (Lipinski definition) is 2. The second kappa shape index (κ2) is 5.81. The number of anilines is 1. The molecule has 2 aromatic carbocycles. The van der Waals surface area contributed by atoms with Gasteiger partial charge >= 0.3 is 0 Å². The Kier molecular flexibility index (Phi) is 4.30. The van der Waals surface area contributed by atoms with Crippen LogP contribution in [0.3, 0.4) is 0 Å². The van der Waals surface area contributed by atoms with Gasteiger partial charge in [0.25, 0.3) is 0 Å². The summed E-state index contributed by atoms with van der Waals surface area (Å²) in [4.78, 5) is 0.286. The van der Waals surface area contributed by atoms with E-state index in [-0.39, 0.29) is 10.9 Å². The van der Waals surface area contributed by atoms with Crippen molar-refractivity contribution in [3.8, 4) is 0 Å². The predicted octanol–water partition coefficient (Wildman–Crippen LogP) is 2.89. The van der Waals surface area contributed by atoms with E-state index in [9.17, 15) is 8.42 Å². The summed E-state index contributed by atoms with van der Waals surface area (Å²) in [6.07, 6.45) is 1.53. The number of sulfonamides is 1. The molecule has 0 aromatic heterocycles.